The molecule has 1 aromatic heterocycles. The lowest BCUT2D eigenvalue weighted by molar-refractivity contribution is 0.0943. The lowest BCUT2D eigenvalue weighted by Crippen LogP contribution is -2.06. The predicted octanol–water partition coefficient (Wildman–Crippen LogP) is -0.0512. The Bertz CT molecular complexity index is 252. The summed E-state index contributed by atoms with van der Waals surface area (Å²) < 4.78 is 1.50. The Balaban J connectivity index is 2.61. The zero-order chi connectivity index (χ0) is 6.27. The molecule has 0 saturated heterocycles. The van der Waals surface area contributed by atoms with Gasteiger partial charge in [0.15, 0.2) is 0 Å². The monoisotopic (exact) mass is 123 g/mol. The molecule has 46 valence electrons. The molecule has 0 bridgehead atoms. The molecule has 0 aliphatic carbocycles. The van der Waals surface area contributed by atoms with E-state index in [2.05, 4.69) is 10.3 Å². The fourth-order valence-corrected chi connectivity index (χ4v) is 0.876. The summed E-state index contributed by atoms with van der Waals surface area (Å²) in [6, 6.07) is 0. The first kappa shape index (κ1) is 4.55. The number of hydrogen-bond acceptors (Lipinski definition) is 3. The molecular weight excluding hydrogens is 118 g/mol. The summed E-state index contributed by atoms with van der Waals surface area (Å²) in [4.78, 5) is 14.6. The number of rotatable bonds is 0. The smallest absolute Gasteiger partial charge is 0.252 e. The van der Waals surface area contributed by atoms with Crippen molar-refractivity contribution in [1.82, 2.24) is 9.55 Å². The standard InChI is InChI=1S/C5H5N3O/c9-5-2-7-4-1-6-3-8(4)5/h1,3,7H,2H2. The lowest BCUT2D eigenvalue weighted by Gasteiger charge is -1.85. The molecule has 1 aliphatic heterocycles. The summed E-state index contributed by atoms with van der Waals surface area (Å²) in [5.74, 6) is 0.850. The zero-order valence-electron chi connectivity index (χ0n) is 4.66. The number of fused-ring (bicyclic) bond motifs is 1. The maximum absolute atomic E-state index is 10.8. The van der Waals surface area contributed by atoms with E-state index in [1.807, 2.05) is 0 Å². The normalized spacial score (nSPS) is 15.3. The highest BCUT2D eigenvalue weighted by Gasteiger charge is 2.16. The fourth-order valence-electron chi connectivity index (χ4n) is 0.876. The first-order valence-corrected chi connectivity index (χ1v) is 2.67. The van der Waals surface area contributed by atoms with Crippen LogP contribution in [0.25, 0.3) is 0 Å². The van der Waals surface area contributed by atoms with Gasteiger partial charge in [-0.25, -0.2) is 4.98 Å². The van der Waals surface area contributed by atoms with E-state index in [0.717, 1.165) is 5.82 Å². The van der Waals surface area contributed by atoms with Crippen molar-refractivity contribution in [2.45, 2.75) is 0 Å². The molecule has 0 saturated carbocycles. The van der Waals surface area contributed by atoms with Crippen LogP contribution in [0.15, 0.2) is 12.5 Å². The maximum atomic E-state index is 10.8. The van der Waals surface area contributed by atoms with Gasteiger partial charge < -0.3 is 5.32 Å². The third-order valence-electron chi connectivity index (χ3n) is 1.33. The summed E-state index contributed by atoms with van der Waals surface area (Å²) in [5.41, 5.74) is 0. The van der Waals surface area contributed by atoms with Gasteiger partial charge in [0.05, 0.1) is 12.7 Å². The molecule has 1 aromatic rings. The minimum absolute atomic E-state index is 0.0579. The quantitative estimate of drug-likeness (QED) is 0.526. The molecule has 0 fully saturated rings. The Morgan fingerprint density at radius 1 is 1.78 bits per heavy atom. The molecule has 0 spiro atoms. The van der Waals surface area contributed by atoms with Crippen LogP contribution in [-0.4, -0.2) is 22.0 Å². The Kier molecular flexibility index (Phi) is 0.677. The van der Waals surface area contributed by atoms with Crippen molar-refractivity contribution >= 4 is 11.7 Å². The second-order valence-corrected chi connectivity index (χ2v) is 1.90. The Morgan fingerprint density at radius 3 is 3.44 bits per heavy atom. The maximum Gasteiger partial charge on any atom is 0.252 e. The van der Waals surface area contributed by atoms with Gasteiger partial charge in [-0.3, -0.25) is 9.36 Å². The minimum Gasteiger partial charge on any atom is -0.361 e. The minimum atomic E-state index is 0.0579. The number of nitrogens with one attached hydrogen (secondary N) is 1. The van der Waals surface area contributed by atoms with E-state index in [0.29, 0.717) is 6.54 Å². The van der Waals surface area contributed by atoms with Gasteiger partial charge in [-0.1, -0.05) is 0 Å². The number of carbonyl (C=O) groups is 1. The molecule has 2 heterocycles. The van der Waals surface area contributed by atoms with Gasteiger partial charge in [0.2, 0.25) is 0 Å². The van der Waals surface area contributed by atoms with Crippen LogP contribution in [0.5, 0.6) is 0 Å². The Hall–Kier alpha value is -1.32. The van der Waals surface area contributed by atoms with Crippen molar-refractivity contribution in [2.75, 3.05) is 11.9 Å². The van der Waals surface area contributed by atoms with E-state index in [9.17, 15) is 4.79 Å². The van der Waals surface area contributed by atoms with Crippen molar-refractivity contribution in [1.29, 1.82) is 0 Å². The van der Waals surface area contributed by atoms with E-state index in [1.165, 1.54) is 10.9 Å². The van der Waals surface area contributed by atoms with E-state index in [-0.39, 0.29) is 5.91 Å². The van der Waals surface area contributed by atoms with E-state index < -0.39 is 0 Å². The second-order valence-electron chi connectivity index (χ2n) is 1.90. The third-order valence-corrected chi connectivity index (χ3v) is 1.33. The molecule has 0 atom stereocenters. The van der Waals surface area contributed by atoms with Crippen molar-refractivity contribution in [3.63, 3.8) is 0 Å². The van der Waals surface area contributed by atoms with Gasteiger partial charge in [0.25, 0.3) is 5.91 Å². The largest absolute Gasteiger partial charge is 0.361 e. The van der Waals surface area contributed by atoms with Crippen molar-refractivity contribution in [3.8, 4) is 0 Å². The van der Waals surface area contributed by atoms with Crippen molar-refractivity contribution in [2.24, 2.45) is 0 Å². The van der Waals surface area contributed by atoms with Gasteiger partial charge in [0, 0.05) is 0 Å². The lowest BCUT2D eigenvalue weighted by atomic mass is 10.6. The van der Waals surface area contributed by atoms with E-state index in [1.54, 1.807) is 6.20 Å². The molecule has 2 rings (SSSR count). The van der Waals surface area contributed by atoms with E-state index in [4.69, 9.17) is 0 Å². The van der Waals surface area contributed by atoms with Crippen LogP contribution in [-0.2, 0) is 0 Å². The highest BCUT2D eigenvalue weighted by molar-refractivity contribution is 5.89. The average molecular weight is 123 g/mol. The van der Waals surface area contributed by atoms with Crippen molar-refractivity contribution in [3.05, 3.63) is 12.5 Å². The molecule has 0 amide bonds. The molecule has 4 nitrogen and oxygen atoms in total. The molecule has 0 unspecified atom stereocenters. The number of aromatic nitrogens is 2. The summed E-state index contributed by atoms with van der Waals surface area (Å²) in [6.07, 6.45) is 3.14. The van der Waals surface area contributed by atoms with Gasteiger partial charge in [-0.2, -0.15) is 0 Å². The van der Waals surface area contributed by atoms with Crippen LogP contribution in [0, 0.1) is 0 Å². The van der Waals surface area contributed by atoms with Crippen LogP contribution in [0.4, 0.5) is 5.82 Å². The van der Waals surface area contributed by atoms with Crippen LogP contribution in [0.1, 0.15) is 4.79 Å². The predicted molar refractivity (Wildman–Crippen MR) is 31.3 cm³/mol. The second kappa shape index (κ2) is 1.34. The highest BCUT2D eigenvalue weighted by atomic mass is 16.2. The molecule has 1 aliphatic rings. The van der Waals surface area contributed by atoms with Crippen molar-refractivity contribution < 1.29 is 4.79 Å². The van der Waals surface area contributed by atoms with Gasteiger partial charge in [-0.05, 0) is 0 Å². The third kappa shape index (κ3) is 0.468. The Labute approximate surface area is 51.5 Å². The van der Waals surface area contributed by atoms with Crippen LogP contribution in [0.2, 0.25) is 0 Å². The number of nitrogens with zero attached hydrogens (tertiary/aromatic N) is 2. The Morgan fingerprint density at radius 2 is 2.67 bits per heavy atom. The van der Waals surface area contributed by atoms with Crippen LogP contribution >= 0.6 is 0 Å². The molecule has 9 heavy (non-hydrogen) atoms. The number of carbonyl (C=O) groups excluding carboxylic acids is 1. The van der Waals surface area contributed by atoms with Gasteiger partial charge >= 0.3 is 0 Å². The summed E-state index contributed by atoms with van der Waals surface area (Å²) in [7, 11) is 0. The number of anilines is 1. The molecule has 1 N–H and O–H groups in total. The zero-order valence-corrected chi connectivity index (χ0v) is 4.66. The fraction of sp³-hybridized carbons (Fsp3) is 0.200. The van der Waals surface area contributed by atoms with Gasteiger partial charge in [-0.15, -0.1) is 0 Å². The summed E-state index contributed by atoms with van der Waals surface area (Å²) in [5, 5.41) is 2.88. The first-order chi connectivity index (χ1) is 4.38. The molecular formula is C5H5N3O. The SMILES string of the molecule is O=C1CNc2cncn21. The topological polar surface area (TPSA) is 46.9 Å². The summed E-state index contributed by atoms with van der Waals surface area (Å²) >= 11 is 0. The molecule has 0 radical (unpaired) electrons. The number of hydrogen-bond donors (Lipinski definition) is 1. The highest BCUT2D eigenvalue weighted by Crippen LogP contribution is 2.10. The first-order valence-electron chi connectivity index (χ1n) is 2.67. The number of imidazole rings is 1. The van der Waals surface area contributed by atoms with E-state index >= 15 is 0 Å². The molecule has 4 heteroatoms. The van der Waals surface area contributed by atoms with Gasteiger partial charge in [0.1, 0.15) is 12.1 Å². The summed E-state index contributed by atoms with van der Waals surface area (Å²) in [6.45, 7) is 0.401. The van der Waals surface area contributed by atoms with Crippen LogP contribution in [0.3, 0.4) is 0 Å². The van der Waals surface area contributed by atoms with Crippen LogP contribution < -0.4 is 5.32 Å². The molecule has 0 aromatic carbocycles. The average Bonchev–Trinajstić information content (AvgIpc) is 2.35.